The smallest absolute Gasteiger partial charge is 0.211 e. The van der Waals surface area contributed by atoms with Gasteiger partial charge in [-0.3, -0.25) is 0 Å². The van der Waals surface area contributed by atoms with Gasteiger partial charge in [0.15, 0.2) is 6.29 Å². The van der Waals surface area contributed by atoms with Crippen LogP contribution in [0, 0.1) is 0 Å². The number of rotatable bonds is 2. The third-order valence-electron chi connectivity index (χ3n) is 1.28. The zero-order valence-corrected chi connectivity index (χ0v) is 6.06. The standard InChI is InChI=1S/C7H9NO3/c1-11-7(10)5-2-3-8-6(9)4-5/h2-4,7,10H,1H3,(H,8,9). The summed E-state index contributed by atoms with van der Waals surface area (Å²) in [6.07, 6.45) is 0.399. The van der Waals surface area contributed by atoms with E-state index in [9.17, 15) is 0 Å². The van der Waals surface area contributed by atoms with Crippen LogP contribution in [0.3, 0.4) is 0 Å². The van der Waals surface area contributed by atoms with E-state index >= 15 is 0 Å². The van der Waals surface area contributed by atoms with Gasteiger partial charge >= 0.3 is 0 Å². The number of nitrogens with zero attached hydrogens (tertiary/aromatic N) is 1. The molecule has 1 atom stereocenters. The summed E-state index contributed by atoms with van der Waals surface area (Å²) >= 11 is 0. The molecule has 0 aliphatic rings. The number of ether oxygens (including phenoxy) is 1. The lowest BCUT2D eigenvalue weighted by atomic mass is 10.2. The van der Waals surface area contributed by atoms with E-state index in [4.69, 9.17) is 10.2 Å². The quantitative estimate of drug-likeness (QED) is 0.608. The van der Waals surface area contributed by atoms with Crippen molar-refractivity contribution in [2.24, 2.45) is 0 Å². The number of aliphatic hydroxyl groups is 1. The summed E-state index contributed by atoms with van der Waals surface area (Å²) in [4.78, 5) is 3.55. The lowest BCUT2D eigenvalue weighted by Crippen LogP contribution is -1.98. The van der Waals surface area contributed by atoms with E-state index in [-0.39, 0.29) is 5.88 Å². The Hall–Kier alpha value is -1.13. The fraction of sp³-hybridized carbons (Fsp3) is 0.286. The average molecular weight is 155 g/mol. The lowest BCUT2D eigenvalue weighted by molar-refractivity contribution is -0.0771. The van der Waals surface area contributed by atoms with Crippen LogP contribution in [0.15, 0.2) is 18.3 Å². The number of aromatic hydroxyl groups is 1. The van der Waals surface area contributed by atoms with Crippen LogP contribution in [0.1, 0.15) is 11.9 Å². The molecule has 0 saturated heterocycles. The molecule has 0 aliphatic heterocycles. The molecular weight excluding hydrogens is 146 g/mol. The van der Waals surface area contributed by atoms with Crippen LogP contribution < -0.4 is 0 Å². The first-order valence-corrected chi connectivity index (χ1v) is 3.10. The fourth-order valence-corrected chi connectivity index (χ4v) is 0.724. The SMILES string of the molecule is COC(O)c1ccnc(O)c1. The van der Waals surface area contributed by atoms with Crippen molar-refractivity contribution in [3.8, 4) is 5.88 Å². The van der Waals surface area contributed by atoms with E-state index in [2.05, 4.69) is 9.72 Å². The molecule has 4 heteroatoms. The second kappa shape index (κ2) is 3.32. The first-order chi connectivity index (χ1) is 5.24. The van der Waals surface area contributed by atoms with Crippen molar-refractivity contribution in [1.82, 2.24) is 4.98 Å². The highest BCUT2D eigenvalue weighted by Gasteiger charge is 2.05. The van der Waals surface area contributed by atoms with Crippen LogP contribution in [0.5, 0.6) is 5.88 Å². The minimum Gasteiger partial charge on any atom is -0.493 e. The van der Waals surface area contributed by atoms with Crippen molar-refractivity contribution in [3.05, 3.63) is 23.9 Å². The van der Waals surface area contributed by atoms with Gasteiger partial charge < -0.3 is 14.9 Å². The third-order valence-corrected chi connectivity index (χ3v) is 1.28. The van der Waals surface area contributed by atoms with Crippen LogP contribution in [0.25, 0.3) is 0 Å². The van der Waals surface area contributed by atoms with Crippen LogP contribution in [-0.4, -0.2) is 22.3 Å². The van der Waals surface area contributed by atoms with Gasteiger partial charge in [-0.05, 0) is 6.07 Å². The second-order valence-corrected chi connectivity index (χ2v) is 2.04. The van der Waals surface area contributed by atoms with Crippen LogP contribution in [0.4, 0.5) is 0 Å². The van der Waals surface area contributed by atoms with Gasteiger partial charge in [0.1, 0.15) is 0 Å². The van der Waals surface area contributed by atoms with Crippen molar-refractivity contribution < 1.29 is 14.9 Å². The largest absolute Gasteiger partial charge is 0.493 e. The molecule has 60 valence electrons. The monoisotopic (exact) mass is 155 g/mol. The maximum absolute atomic E-state index is 9.09. The van der Waals surface area contributed by atoms with E-state index < -0.39 is 6.29 Å². The summed E-state index contributed by atoms with van der Waals surface area (Å²) in [5.41, 5.74) is 0.486. The van der Waals surface area contributed by atoms with Crippen LogP contribution in [0.2, 0.25) is 0 Å². The fourth-order valence-electron chi connectivity index (χ4n) is 0.724. The molecule has 0 saturated carbocycles. The molecule has 0 spiro atoms. The molecule has 0 aromatic carbocycles. The Bertz CT molecular complexity index is 239. The summed E-state index contributed by atoms with van der Waals surface area (Å²) in [6, 6.07) is 2.90. The highest BCUT2D eigenvalue weighted by Crippen LogP contribution is 2.15. The molecule has 1 aromatic heterocycles. The average Bonchev–Trinajstić information content (AvgIpc) is 2.03. The van der Waals surface area contributed by atoms with Gasteiger partial charge in [0.2, 0.25) is 5.88 Å². The summed E-state index contributed by atoms with van der Waals surface area (Å²) in [5.74, 6) is -0.126. The van der Waals surface area contributed by atoms with Gasteiger partial charge in [-0.2, -0.15) is 0 Å². The minimum absolute atomic E-state index is 0.126. The zero-order valence-electron chi connectivity index (χ0n) is 6.06. The Morgan fingerprint density at radius 3 is 2.91 bits per heavy atom. The molecule has 1 rings (SSSR count). The van der Waals surface area contributed by atoms with Crippen molar-refractivity contribution in [3.63, 3.8) is 0 Å². The van der Waals surface area contributed by atoms with Crippen molar-refractivity contribution in [2.45, 2.75) is 6.29 Å². The number of methoxy groups -OCH3 is 1. The molecular formula is C7H9NO3. The molecule has 4 nitrogen and oxygen atoms in total. The minimum atomic E-state index is -0.996. The maximum atomic E-state index is 9.09. The van der Waals surface area contributed by atoms with E-state index in [1.807, 2.05) is 0 Å². The van der Waals surface area contributed by atoms with Gasteiger partial charge in [-0.1, -0.05) is 0 Å². The molecule has 0 radical (unpaired) electrons. The maximum Gasteiger partial charge on any atom is 0.211 e. The van der Waals surface area contributed by atoms with Gasteiger partial charge in [-0.25, -0.2) is 4.98 Å². The molecule has 1 heterocycles. The predicted octanol–water partition coefficient (Wildman–Crippen LogP) is 0.424. The van der Waals surface area contributed by atoms with Gasteiger partial charge in [-0.15, -0.1) is 0 Å². The number of hydrogen-bond donors (Lipinski definition) is 2. The van der Waals surface area contributed by atoms with E-state index in [0.717, 1.165) is 0 Å². The van der Waals surface area contributed by atoms with Crippen molar-refractivity contribution in [1.29, 1.82) is 0 Å². The first-order valence-electron chi connectivity index (χ1n) is 3.10. The Labute approximate surface area is 64.1 Å². The van der Waals surface area contributed by atoms with Gasteiger partial charge in [0.25, 0.3) is 0 Å². The summed E-state index contributed by atoms with van der Waals surface area (Å²) < 4.78 is 4.61. The summed E-state index contributed by atoms with van der Waals surface area (Å²) in [7, 11) is 1.38. The predicted molar refractivity (Wildman–Crippen MR) is 37.9 cm³/mol. The molecule has 2 N–H and O–H groups in total. The van der Waals surface area contributed by atoms with Crippen LogP contribution >= 0.6 is 0 Å². The van der Waals surface area contributed by atoms with Crippen molar-refractivity contribution in [2.75, 3.05) is 7.11 Å². The zero-order chi connectivity index (χ0) is 8.27. The van der Waals surface area contributed by atoms with E-state index in [1.54, 1.807) is 6.07 Å². The van der Waals surface area contributed by atoms with Crippen molar-refractivity contribution >= 4 is 0 Å². The Morgan fingerprint density at radius 1 is 1.64 bits per heavy atom. The highest BCUT2D eigenvalue weighted by atomic mass is 16.6. The summed E-state index contributed by atoms with van der Waals surface area (Å²) in [5, 5.41) is 18.0. The normalized spacial score (nSPS) is 12.9. The molecule has 0 amide bonds. The molecule has 1 unspecified atom stereocenters. The lowest BCUT2D eigenvalue weighted by Gasteiger charge is -2.07. The van der Waals surface area contributed by atoms with Crippen LogP contribution in [-0.2, 0) is 4.74 Å². The molecule has 0 fully saturated rings. The molecule has 0 aliphatic carbocycles. The second-order valence-electron chi connectivity index (χ2n) is 2.04. The third kappa shape index (κ3) is 1.89. The summed E-state index contributed by atoms with van der Waals surface area (Å²) in [6.45, 7) is 0. The Morgan fingerprint density at radius 2 is 2.36 bits per heavy atom. The molecule has 0 bridgehead atoms. The number of hydrogen-bond acceptors (Lipinski definition) is 4. The van der Waals surface area contributed by atoms with E-state index in [0.29, 0.717) is 5.56 Å². The Balaban J connectivity index is 2.86. The van der Waals surface area contributed by atoms with E-state index in [1.165, 1.54) is 19.4 Å². The highest BCUT2D eigenvalue weighted by molar-refractivity contribution is 5.19. The van der Waals surface area contributed by atoms with Gasteiger partial charge in [0.05, 0.1) is 0 Å². The number of aromatic nitrogens is 1. The molecule has 11 heavy (non-hydrogen) atoms. The number of pyridine rings is 1. The first kappa shape index (κ1) is 7.97. The van der Waals surface area contributed by atoms with Gasteiger partial charge in [0, 0.05) is 24.9 Å². The topological polar surface area (TPSA) is 62.6 Å². The number of aliphatic hydroxyl groups excluding tert-OH is 1. The Kier molecular flexibility index (Phi) is 2.40. The molecule has 1 aromatic rings.